The Morgan fingerprint density at radius 3 is 2.50 bits per heavy atom. The van der Waals surface area contributed by atoms with Crippen molar-refractivity contribution in [1.29, 1.82) is 0 Å². The highest BCUT2D eigenvalue weighted by Crippen LogP contribution is 2.21. The number of nitrogens with two attached hydrogens (primary N) is 1. The third-order valence-corrected chi connectivity index (χ3v) is 3.84. The number of rotatable bonds is 3. The van der Waals surface area contributed by atoms with Crippen LogP contribution in [0.4, 0.5) is 5.69 Å². The fourth-order valence-electron chi connectivity index (χ4n) is 1.78. The van der Waals surface area contributed by atoms with Crippen molar-refractivity contribution >= 4 is 39.1 Å². The van der Waals surface area contributed by atoms with Gasteiger partial charge >= 0.3 is 0 Å². The van der Waals surface area contributed by atoms with Crippen molar-refractivity contribution in [3.05, 3.63) is 63.1 Å². The van der Waals surface area contributed by atoms with Gasteiger partial charge in [0.05, 0.1) is 16.8 Å². The number of carbonyl (C=O) groups excluding carboxylic acids is 1. The Bertz CT molecular complexity index is 628. The Balaban J connectivity index is 2.10. The molecule has 0 heterocycles. The van der Waals surface area contributed by atoms with E-state index in [-0.39, 0.29) is 11.9 Å². The van der Waals surface area contributed by atoms with E-state index in [1.54, 1.807) is 18.2 Å². The van der Waals surface area contributed by atoms with E-state index in [1.807, 2.05) is 31.2 Å². The zero-order valence-corrected chi connectivity index (χ0v) is 13.2. The molecule has 0 saturated carbocycles. The molecule has 0 aliphatic rings. The van der Waals surface area contributed by atoms with Gasteiger partial charge in [-0.15, -0.1) is 0 Å². The summed E-state index contributed by atoms with van der Waals surface area (Å²) in [5, 5.41) is 3.31. The summed E-state index contributed by atoms with van der Waals surface area (Å²) in [5.41, 5.74) is 7.61. The summed E-state index contributed by atoms with van der Waals surface area (Å²) in [6.07, 6.45) is 0. The summed E-state index contributed by atoms with van der Waals surface area (Å²) in [4.78, 5) is 12.1. The van der Waals surface area contributed by atoms with E-state index in [0.717, 1.165) is 10.0 Å². The molecule has 5 heteroatoms. The summed E-state index contributed by atoms with van der Waals surface area (Å²) >= 11 is 9.30. The molecule has 2 rings (SSSR count). The molecule has 1 atom stereocenters. The summed E-state index contributed by atoms with van der Waals surface area (Å²) in [6.45, 7) is 1.93. The molecule has 2 aromatic rings. The molecule has 3 N–H and O–H groups in total. The van der Waals surface area contributed by atoms with E-state index in [4.69, 9.17) is 17.3 Å². The first-order chi connectivity index (χ1) is 9.47. The molecule has 20 heavy (non-hydrogen) atoms. The molecule has 0 unspecified atom stereocenters. The average Bonchev–Trinajstić information content (AvgIpc) is 2.42. The summed E-state index contributed by atoms with van der Waals surface area (Å²) in [7, 11) is 0. The number of anilines is 1. The van der Waals surface area contributed by atoms with Crippen LogP contribution in [0.25, 0.3) is 0 Å². The number of carbonyl (C=O) groups is 1. The number of hydrogen-bond acceptors (Lipinski definition) is 2. The standard InChI is InChI=1S/C15H14BrClN2O/c1-9(10-2-5-12(16)6-3-10)19-15(20)11-4-7-14(18)13(17)8-11/h2-9H,18H2,1H3,(H,19,20)/t9-/m0/s1. The molecule has 2 aromatic carbocycles. The predicted octanol–water partition coefficient (Wildman–Crippen LogP) is 4.18. The van der Waals surface area contributed by atoms with Gasteiger partial charge in [0.1, 0.15) is 0 Å². The van der Waals surface area contributed by atoms with Gasteiger partial charge in [0.2, 0.25) is 0 Å². The minimum atomic E-state index is -0.178. The number of hydrogen-bond donors (Lipinski definition) is 2. The first-order valence-corrected chi connectivity index (χ1v) is 7.26. The van der Waals surface area contributed by atoms with Gasteiger partial charge in [0.15, 0.2) is 0 Å². The van der Waals surface area contributed by atoms with Crippen LogP contribution in [-0.4, -0.2) is 5.91 Å². The smallest absolute Gasteiger partial charge is 0.251 e. The number of nitrogens with one attached hydrogen (secondary N) is 1. The summed E-state index contributed by atoms with van der Waals surface area (Å²) in [5.74, 6) is -0.178. The second-order valence-corrected chi connectivity index (χ2v) is 5.81. The van der Waals surface area contributed by atoms with Crippen LogP contribution >= 0.6 is 27.5 Å². The monoisotopic (exact) mass is 352 g/mol. The quantitative estimate of drug-likeness (QED) is 0.813. The SMILES string of the molecule is C[C@H](NC(=O)c1ccc(N)c(Cl)c1)c1ccc(Br)cc1. The minimum Gasteiger partial charge on any atom is -0.398 e. The van der Waals surface area contributed by atoms with E-state index < -0.39 is 0 Å². The second kappa shape index (κ2) is 6.29. The van der Waals surface area contributed by atoms with Crippen LogP contribution in [0.1, 0.15) is 28.9 Å². The number of amides is 1. The van der Waals surface area contributed by atoms with Gasteiger partial charge in [-0.1, -0.05) is 39.7 Å². The summed E-state index contributed by atoms with van der Waals surface area (Å²) < 4.78 is 1.00. The molecule has 0 aliphatic carbocycles. The maximum absolute atomic E-state index is 12.1. The normalized spacial score (nSPS) is 11.9. The van der Waals surface area contributed by atoms with Gasteiger partial charge < -0.3 is 11.1 Å². The van der Waals surface area contributed by atoms with Crippen molar-refractivity contribution < 1.29 is 4.79 Å². The highest BCUT2D eigenvalue weighted by molar-refractivity contribution is 9.10. The maximum Gasteiger partial charge on any atom is 0.251 e. The second-order valence-electron chi connectivity index (χ2n) is 4.48. The first kappa shape index (κ1) is 14.9. The van der Waals surface area contributed by atoms with Crippen LogP contribution in [0.15, 0.2) is 46.9 Å². The minimum absolute atomic E-state index is 0.0908. The maximum atomic E-state index is 12.1. The van der Waals surface area contributed by atoms with Crippen molar-refractivity contribution in [2.45, 2.75) is 13.0 Å². The van der Waals surface area contributed by atoms with Crippen LogP contribution in [0.5, 0.6) is 0 Å². The Hall–Kier alpha value is -1.52. The number of benzene rings is 2. The van der Waals surface area contributed by atoms with Crippen LogP contribution in [0, 0.1) is 0 Å². The highest BCUT2D eigenvalue weighted by atomic mass is 79.9. The van der Waals surface area contributed by atoms with Gasteiger partial charge in [0, 0.05) is 10.0 Å². The lowest BCUT2D eigenvalue weighted by Crippen LogP contribution is -2.26. The van der Waals surface area contributed by atoms with Crippen LogP contribution in [-0.2, 0) is 0 Å². The zero-order chi connectivity index (χ0) is 14.7. The van der Waals surface area contributed by atoms with Gasteiger partial charge in [-0.2, -0.15) is 0 Å². The zero-order valence-electron chi connectivity index (χ0n) is 10.9. The van der Waals surface area contributed by atoms with Gasteiger partial charge in [-0.25, -0.2) is 0 Å². The molecular weight excluding hydrogens is 340 g/mol. The Morgan fingerprint density at radius 1 is 1.25 bits per heavy atom. The van der Waals surface area contributed by atoms with Gasteiger partial charge in [-0.3, -0.25) is 4.79 Å². The molecule has 0 aliphatic heterocycles. The molecule has 104 valence electrons. The van der Waals surface area contributed by atoms with E-state index in [2.05, 4.69) is 21.2 Å². The third kappa shape index (κ3) is 3.52. The fourth-order valence-corrected chi connectivity index (χ4v) is 2.23. The highest BCUT2D eigenvalue weighted by Gasteiger charge is 2.12. The van der Waals surface area contributed by atoms with Gasteiger partial charge in [0.25, 0.3) is 5.91 Å². The van der Waals surface area contributed by atoms with Crippen molar-refractivity contribution in [2.75, 3.05) is 5.73 Å². The molecule has 0 radical (unpaired) electrons. The molecule has 0 saturated heterocycles. The van der Waals surface area contributed by atoms with E-state index >= 15 is 0 Å². The topological polar surface area (TPSA) is 55.1 Å². The lowest BCUT2D eigenvalue weighted by atomic mass is 10.1. The molecule has 3 nitrogen and oxygen atoms in total. The van der Waals surface area contributed by atoms with Crippen molar-refractivity contribution in [3.63, 3.8) is 0 Å². The van der Waals surface area contributed by atoms with Crippen molar-refractivity contribution in [3.8, 4) is 0 Å². The lowest BCUT2D eigenvalue weighted by Gasteiger charge is -2.15. The van der Waals surface area contributed by atoms with Gasteiger partial charge in [-0.05, 0) is 42.8 Å². The predicted molar refractivity (Wildman–Crippen MR) is 85.9 cm³/mol. The van der Waals surface area contributed by atoms with E-state index in [0.29, 0.717) is 16.3 Å². The van der Waals surface area contributed by atoms with Crippen LogP contribution < -0.4 is 11.1 Å². The number of halogens is 2. The molecule has 0 spiro atoms. The van der Waals surface area contributed by atoms with Crippen molar-refractivity contribution in [2.24, 2.45) is 0 Å². The fraction of sp³-hybridized carbons (Fsp3) is 0.133. The van der Waals surface area contributed by atoms with Crippen molar-refractivity contribution in [1.82, 2.24) is 5.32 Å². The average molecular weight is 354 g/mol. The Labute approximate surface area is 131 Å². The van der Waals surface area contributed by atoms with E-state index in [9.17, 15) is 4.79 Å². The third-order valence-electron chi connectivity index (χ3n) is 2.98. The van der Waals surface area contributed by atoms with Crippen LogP contribution in [0.2, 0.25) is 5.02 Å². The molecule has 0 aromatic heterocycles. The molecule has 0 bridgehead atoms. The first-order valence-electron chi connectivity index (χ1n) is 6.08. The molecular formula is C15H14BrClN2O. The molecule has 0 fully saturated rings. The Morgan fingerprint density at radius 2 is 1.90 bits per heavy atom. The lowest BCUT2D eigenvalue weighted by molar-refractivity contribution is 0.0940. The van der Waals surface area contributed by atoms with E-state index in [1.165, 1.54) is 0 Å². The number of nitrogen functional groups attached to an aromatic ring is 1. The Kier molecular flexibility index (Phi) is 4.68. The largest absolute Gasteiger partial charge is 0.398 e. The summed E-state index contributed by atoms with van der Waals surface area (Å²) in [6, 6.07) is 12.6. The molecule has 1 amide bonds. The van der Waals surface area contributed by atoms with Crippen LogP contribution in [0.3, 0.4) is 0 Å².